The first-order chi connectivity index (χ1) is 6.04. The van der Waals surface area contributed by atoms with Crippen molar-refractivity contribution in [2.75, 3.05) is 0 Å². The van der Waals surface area contributed by atoms with E-state index in [1.165, 1.54) is 0 Å². The van der Waals surface area contributed by atoms with Gasteiger partial charge in [0.2, 0.25) is 0 Å². The summed E-state index contributed by atoms with van der Waals surface area (Å²) in [5, 5.41) is 12.3. The molecule has 0 aliphatic carbocycles. The Labute approximate surface area is 75.5 Å². The number of nitrogens with zero attached hydrogens (tertiary/aromatic N) is 1. The van der Waals surface area contributed by atoms with Gasteiger partial charge in [0.25, 0.3) is 0 Å². The standard InChI is InChI=1S/C8H12N2O3/c1-4(2)6(9)7-5(8(11)12)3-13-10-7/h3-4,6H,9H2,1-2H3,(H,11,12)/t6-/m0/s1. The molecule has 1 aromatic heterocycles. The zero-order valence-electron chi connectivity index (χ0n) is 7.52. The fourth-order valence-corrected chi connectivity index (χ4v) is 0.962. The lowest BCUT2D eigenvalue weighted by molar-refractivity contribution is 0.0694. The third-order valence-corrected chi connectivity index (χ3v) is 1.86. The van der Waals surface area contributed by atoms with Crippen molar-refractivity contribution in [3.63, 3.8) is 0 Å². The number of hydrogen-bond donors (Lipinski definition) is 2. The highest BCUT2D eigenvalue weighted by atomic mass is 16.5. The van der Waals surface area contributed by atoms with Crippen LogP contribution in [0.4, 0.5) is 0 Å². The topological polar surface area (TPSA) is 89.4 Å². The van der Waals surface area contributed by atoms with Crippen LogP contribution < -0.4 is 5.73 Å². The van der Waals surface area contributed by atoms with Crippen LogP contribution in [0.5, 0.6) is 0 Å². The minimum absolute atomic E-state index is 0.0428. The van der Waals surface area contributed by atoms with Crippen molar-refractivity contribution in [2.45, 2.75) is 19.9 Å². The molecule has 1 rings (SSSR count). The van der Waals surface area contributed by atoms with Gasteiger partial charge < -0.3 is 15.4 Å². The molecule has 1 atom stereocenters. The zero-order chi connectivity index (χ0) is 10.0. The fourth-order valence-electron chi connectivity index (χ4n) is 0.962. The Morgan fingerprint density at radius 3 is 2.77 bits per heavy atom. The molecular weight excluding hydrogens is 172 g/mol. The Hall–Kier alpha value is -1.36. The third kappa shape index (κ3) is 1.86. The second-order valence-corrected chi connectivity index (χ2v) is 3.19. The number of carboxylic acid groups (broad SMARTS) is 1. The fraction of sp³-hybridized carbons (Fsp3) is 0.500. The van der Waals surface area contributed by atoms with Crippen molar-refractivity contribution in [1.82, 2.24) is 5.16 Å². The highest BCUT2D eigenvalue weighted by Crippen LogP contribution is 2.20. The third-order valence-electron chi connectivity index (χ3n) is 1.86. The number of hydrogen-bond acceptors (Lipinski definition) is 4. The molecule has 3 N–H and O–H groups in total. The van der Waals surface area contributed by atoms with Crippen LogP contribution in [0.3, 0.4) is 0 Å². The highest BCUT2D eigenvalue weighted by molar-refractivity contribution is 5.88. The summed E-state index contributed by atoms with van der Waals surface area (Å²) >= 11 is 0. The predicted octanol–water partition coefficient (Wildman–Crippen LogP) is 1.03. The van der Waals surface area contributed by atoms with Gasteiger partial charge in [0.05, 0.1) is 6.04 Å². The number of aromatic carboxylic acids is 1. The first-order valence-electron chi connectivity index (χ1n) is 3.97. The van der Waals surface area contributed by atoms with E-state index in [9.17, 15) is 4.79 Å². The molecule has 5 heteroatoms. The van der Waals surface area contributed by atoms with Gasteiger partial charge in [-0.2, -0.15) is 0 Å². The number of nitrogens with two attached hydrogens (primary N) is 1. The molecule has 0 spiro atoms. The largest absolute Gasteiger partial charge is 0.478 e. The second kappa shape index (κ2) is 3.57. The maximum Gasteiger partial charge on any atom is 0.341 e. The van der Waals surface area contributed by atoms with E-state index in [-0.39, 0.29) is 11.5 Å². The lowest BCUT2D eigenvalue weighted by Crippen LogP contribution is -2.19. The highest BCUT2D eigenvalue weighted by Gasteiger charge is 2.22. The molecule has 0 aliphatic rings. The first-order valence-corrected chi connectivity index (χ1v) is 3.97. The van der Waals surface area contributed by atoms with E-state index in [0.717, 1.165) is 6.26 Å². The van der Waals surface area contributed by atoms with Crippen molar-refractivity contribution >= 4 is 5.97 Å². The van der Waals surface area contributed by atoms with Gasteiger partial charge in [-0.15, -0.1) is 0 Å². The van der Waals surface area contributed by atoms with Crippen LogP contribution in [0, 0.1) is 5.92 Å². The van der Waals surface area contributed by atoms with Gasteiger partial charge in [0, 0.05) is 0 Å². The van der Waals surface area contributed by atoms with Gasteiger partial charge in [0.15, 0.2) is 0 Å². The summed E-state index contributed by atoms with van der Waals surface area (Å²) < 4.78 is 4.57. The molecule has 0 bridgehead atoms. The predicted molar refractivity (Wildman–Crippen MR) is 45.2 cm³/mol. The SMILES string of the molecule is CC(C)[C@H](N)c1nocc1C(=O)O. The summed E-state index contributed by atoms with van der Waals surface area (Å²) in [5.41, 5.74) is 6.09. The molecule has 0 fully saturated rings. The maximum atomic E-state index is 10.7. The lowest BCUT2D eigenvalue weighted by atomic mass is 9.99. The quantitative estimate of drug-likeness (QED) is 0.732. The second-order valence-electron chi connectivity index (χ2n) is 3.19. The maximum absolute atomic E-state index is 10.7. The number of aromatic nitrogens is 1. The Morgan fingerprint density at radius 2 is 2.31 bits per heavy atom. The average molecular weight is 184 g/mol. The molecule has 0 amide bonds. The molecule has 0 aliphatic heterocycles. The monoisotopic (exact) mass is 184 g/mol. The molecule has 13 heavy (non-hydrogen) atoms. The number of rotatable bonds is 3. The van der Waals surface area contributed by atoms with Crippen molar-refractivity contribution in [1.29, 1.82) is 0 Å². The average Bonchev–Trinajstić information content (AvgIpc) is 2.50. The van der Waals surface area contributed by atoms with Crippen LogP contribution in [0.1, 0.15) is 35.9 Å². The minimum atomic E-state index is -1.06. The smallest absolute Gasteiger partial charge is 0.341 e. The molecule has 1 heterocycles. The van der Waals surface area contributed by atoms with Gasteiger partial charge in [-0.05, 0) is 5.92 Å². The molecule has 1 aromatic rings. The molecule has 0 aromatic carbocycles. The summed E-state index contributed by atoms with van der Waals surface area (Å²) in [5.74, 6) is -0.935. The van der Waals surface area contributed by atoms with E-state index in [1.807, 2.05) is 13.8 Å². The van der Waals surface area contributed by atoms with Crippen molar-refractivity contribution in [3.05, 3.63) is 17.5 Å². The Morgan fingerprint density at radius 1 is 1.69 bits per heavy atom. The van der Waals surface area contributed by atoms with Gasteiger partial charge >= 0.3 is 5.97 Å². The summed E-state index contributed by atoms with van der Waals surface area (Å²) in [7, 11) is 0. The van der Waals surface area contributed by atoms with Crippen LogP contribution >= 0.6 is 0 Å². The van der Waals surface area contributed by atoms with E-state index in [0.29, 0.717) is 5.69 Å². The number of carbonyl (C=O) groups is 1. The summed E-state index contributed by atoms with van der Waals surface area (Å²) in [6, 6.07) is -0.398. The zero-order valence-corrected chi connectivity index (χ0v) is 7.52. The van der Waals surface area contributed by atoms with E-state index < -0.39 is 12.0 Å². The van der Waals surface area contributed by atoms with Crippen molar-refractivity contribution in [2.24, 2.45) is 11.7 Å². The summed E-state index contributed by atoms with van der Waals surface area (Å²) in [6.45, 7) is 3.79. The minimum Gasteiger partial charge on any atom is -0.478 e. The summed E-state index contributed by atoms with van der Waals surface area (Å²) in [6.07, 6.45) is 1.10. The van der Waals surface area contributed by atoms with Gasteiger partial charge in [-0.1, -0.05) is 19.0 Å². The van der Waals surface area contributed by atoms with Crippen molar-refractivity contribution < 1.29 is 14.4 Å². The van der Waals surface area contributed by atoms with E-state index in [4.69, 9.17) is 10.8 Å². The van der Waals surface area contributed by atoms with E-state index >= 15 is 0 Å². The van der Waals surface area contributed by atoms with Gasteiger partial charge in [-0.3, -0.25) is 0 Å². The number of carboxylic acids is 1. The molecule has 0 saturated carbocycles. The van der Waals surface area contributed by atoms with E-state index in [2.05, 4.69) is 9.68 Å². The molecule has 0 saturated heterocycles. The van der Waals surface area contributed by atoms with Crippen LogP contribution in [0.2, 0.25) is 0 Å². The summed E-state index contributed by atoms with van der Waals surface area (Å²) in [4.78, 5) is 10.7. The normalized spacial score (nSPS) is 13.2. The van der Waals surface area contributed by atoms with Crippen molar-refractivity contribution in [3.8, 4) is 0 Å². The molecule has 72 valence electrons. The van der Waals surface area contributed by atoms with Crippen LogP contribution in [-0.4, -0.2) is 16.2 Å². The van der Waals surface area contributed by atoms with Crippen LogP contribution in [0.25, 0.3) is 0 Å². The van der Waals surface area contributed by atoms with E-state index in [1.54, 1.807) is 0 Å². The molecule has 5 nitrogen and oxygen atoms in total. The Balaban J connectivity index is 3.00. The lowest BCUT2D eigenvalue weighted by Gasteiger charge is -2.12. The Kier molecular flexibility index (Phi) is 2.67. The molecule has 0 radical (unpaired) electrons. The Bertz CT molecular complexity index is 306. The van der Waals surface area contributed by atoms with Gasteiger partial charge in [-0.25, -0.2) is 4.79 Å². The molecular formula is C8H12N2O3. The first kappa shape index (κ1) is 9.73. The van der Waals surface area contributed by atoms with Gasteiger partial charge in [0.1, 0.15) is 17.5 Å². The van der Waals surface area contributed by atoms with Crippen LogP contribution in [-0.2, 0) is 0 Å². The van der Waals surface area contributed by atoms with Crippen LogP contribution in [0.15, 0.2) is 10.8 Å². The molecule has 0 unspecified atom stereocenters.